The van der Waals surface area contributed by atoms with E-state index in [0.29, 0.717) is 6.42 Å². The summed E-state index contributed by atoms with van der Waals surface area (Å²) in [7, 11) is 0. The highest BCUT2D eigenvalue weighted by molar-refractivity contribution is 4.91. The molecule has 0 aromatic heterocycles. The molecule has 1 aliphatic rings. The Labute approximate surface area is 70.6 Å². The van der Waals surface area contributed by atoms with E-state index in [4.69, 9.17) is 10.2 Å². The molecular weight excluding hydrogens is 162 g/mol. The van der Waals surface area contributed by atoms with E-state index in [0.717, 1.165) is 0 Å². The van der Waals surface area contributed by atoms with Crippen molar-refractivity contribution >= 4 is 0 Å². The van der Waals surface area contributed by atoms with Gasteiger partial charge in [0.15, 0.2) is 0 Å². The number of hydrogen-bond acceptors (Lipinski definition) is 5. The van der Waals surface area contributed by atoms with Crippen LogP contribution in [0.15, 0.2) is 0 Å². The molecule has 0 spiro atoms. The van der Waals surface area contributed by atoms with Crippen LogP contribution in [0.25, 0.3) is 0 Å². The zero-order valence-corrected chi connectivity index (χ0v) is 6.72. The third-order valence-electron chi connectivity index (χ3n) is 2.20. The average molecular weight is 177 g/mol. The summed E-state index contributed by atoms with van der Waals surface area (Å²) >= 11 is 0. The first-order valence-electron chi connectivity index (χ1n) is 4.03. The van der Waals surface area contributed by atoms with Crippen LogP contribution in [0.5, 0.6) is 0 Å². The van der Waals surface area contributed by atoms with Gasteiger partial charge in [-0.15, -0.1) is 0 Å². The SMILES string of the molecule is OC[C@H]1C[C@H](O)[C@H](O)[C@H](CO)N1. The number of nitrogens with one attached hydrogen (secondary N) is 1. The molecule has 0 unspecified atom stereocenters. The summed E-state index contributed by atoms with van der Waals surface area (Å²) in [6, 6.07) is -0.772. The van der Waals surface area contributed by atoms with Crippen molar-refractivity contribution in [3.8, 4) is 0 Å². The van der Waals surface area contributed by atoms with Crippen molar-refractivity contribution in [2.24, 2.45) is 0 Å². The van der Waals surface area contributed by atoms with Crippen molar-refractivity contribution in [2.75, 3.05) is 13.2 Å². The van der Waals surface area contributed by atoms with E-state index in [9.17, 15) is 10.2 Å². The van der Waals surface area contributed by atoms with Crippen LogP contribution < -0.4 is 5.32 Å². The molecule has 0 amide bonds. The van der Waals surface area contributed by atoms with Crippen molar-refractivity contribution in [1.82, 2.24) is 5.32 Å². The molecule has 1 rings (SSSR count). The predicted octanol–water partition coefficient (Wildman–Crippen LogP) is -2.58. The topological polar surface area (TPSA) is 93.0 Å². The van der Waals surface area contributed by atoms with Gasteiger partial charge in [0.05, 0.1) is 31.5 Å². The van der Waals surface area contributed by atoms with Gasteiger partial charge in [-0.05, 0) is 6.42 Å². The highest BCUT2D eigenvalue weighted by Gasteiger charge is 2.34. The quantitative estimate of drug-likeness (QED) is 0.319. The summed E-state index contributed by atoms with van der Waals surface area (Å²) in [4.78, 5) is 0. The van der Waals surface area contributed by atoms with Crippen molar-refractivity contribution in [1.29, 1.82) is 0 Å². The molecule has 0 aromatic rings. The number of aliphatic hydroxyl groups excluding tert-OH is 4. The van der Waals surface area contributed by atoms with Gasteiger partial charge in [0.2, 0.25) is 0 Å². The summed E-state index contributed by atoms with van der Waals surface area (Å²) in [5, 5.41) is 38.9. The minimum absolute atomic E-state index is 0.0969. The molecule has 0 aliphatic carbocycles. The lowest BCUT2D eigenvalue weighted by atomic mass is 9.94. The van der Waals surface area contributed by atoms with Gasteiger partial charge in [-0.3, -0.25) is 0 Å². The monoisotopic (exact) mass is 177 g/mol. The molecular formula is C7H15NO4. The first-order valence-corrected chi connectivity index (χ1v) is 4.03. The van der Waals surface area contributed by atoms with Gasteiger partial charge in [-0.25, -0.2) is 0 Å². The standard InChI is InChI=1S/C7H15NO4/c9-2-4-1-6(11)7(12)5(3-10)8-4/h4-12H,1-3H2/t4-,5+,6+,7-/m1/s1. The summed E-state index contributed by atoms with van der Waals surface area (Å²) in [5.41, 5.74) is 0. The molecule has 5 heteroatoms. The minimum atomic E-state index is -0.946. The first-order chi connectivity index (χ1) is 5.69. The molecule has 1 heterocycles. The summed E-state index contributed by atoms with van der Waals surface area (Å²) in [6.45, 7) is -0.338. The van der Waals surface area contributed by atoms with Crippen LogP contribution in [0, 0.1) is 0 Å². The lowest BCUT2D eigenvalue weighted by Crippen LogP contribution is -2.59. The lowest BCUT2D eigenvalue weighted by Gasteiger charge is -2.36. The molecule has 0 aromatic carbocycles. The third-order valence-corrected chi connectivity index (χ3v) is 2.20. The lowest BCUT2D eigenvalue weighted by molar-refractivity contribution is -0.0563. The zero-order valence-electron chi connectivity index (χ0n) is 6.72. The number of rotatable bonds is 2. The zero-order chi connectivity index (χ0) is 9.14. The second-order valence-electron chi connectivity index (χ2n) is 3.13. The Kier molecular flexibility index (Phi) is 3.42. The largest absolute Gasteiger partial charge is 0.395 e. The Bertz CT molecular complexity index is 143. The second-order valence-corrected chi connectivity index (χ2v) is 3.13. The molecule has 12 heavy (non-hydrogen) atoms. The molecule has 1 saturated heterocycles. The minimum Gasteiger partial charge on any atom is -0.395 e. The number of piperidine rings is 1. The fraction of sp³-hybridized carbons (Fsp3) is 1.00. The summed E-state index contributed by atoms with van der Waals surface area (Å²) in [6.07, 6.45) is -1.49. The molecule has 0 bridgehead atoms. The summed E-state index contributed by atoms with van der Waals surface area (Å²) < 4.78 is 0. The van der Waals surface area contributed by atoms with Gasteiger partial charge in [0.1, 0.15) is 0 Å². The van der Waals surface area contributed by atoms with Crippen molar-refractivity contribution in [3.05, 3.63) is 0 Å². The van der Waals surface area contributed by atoms with Gasteiger partial charge in [-0.2, -0.15) is 0 Å². The van der Waals surface area contributed by atoms with Crippen molar-refractivity contribution < 1.29 is 20.4 Å². The number of aliphatic hydroxyl groups is 4. The highest BCUT2D eigenvalue weighted by atomic mass is 16.3. The maximum atomic E-state index is 9.30. The maximum absolute atomic E-state index is 9.30. The van der Waals surface area contributed by atoms with E-state index in [2.05, 4.69) is 5.32 Å². The number of hydrogen-bond donors (Lipinski definition) is 5. The van der Waals surface area contributed by atoms with Crippen LogP contribution in [0.3, 0.4) is 0 Å². The summed E-state index contributed by atoms with van der Waals surface area (Å²) in [5.74, 6) is 0. The molecule has 0 radical (unpaired) electrons. The molecule has 1 fully saturated rings. The Morgan fingerprint density at radius 2 is 1.83 bits per heavy atom. The van der Waals surface area contributed by atoms with E-state index in [1.807, 2.05) is 0 Å². The van der Waals surface area contributed by atoms with E-state index >= 15 is 0 Å². The van der Waals surface area contributed by atoms with E-state index < -0.39 is 18.2 Å². The van der Waals surface area contributed by atoms with Gasteiger partial charge in [-0.1, -0.05) is 0 Å². The van der Waals surface area contributed by atoms with Crippen LogP contribution in [0.4, 0.5) is 0 Å². The molecule has 5 N–H and O–H groups in total. The molecule has 4 atom stereocenters. The Balaban J connectivity index is 2.52. The highest BCUT2D eigenvalue weighted by Crippen LogP contribution is 2.13. The predicted molar refractivity (Wildman–Crippen MR) is 41.5 cm³/mol. The first kappa shape index (κ1) is 9.88. The van der Waals surface area contributed by atoms with E-state index in [1.54, 1.807) is 0 Å². The van der Waals surface area contributed by atoms with Crippen LogP contribution in [-0.2, 0) is 0 Å². The van der Waals surface area contributed by atoms with Gasteiger partial charge >= 0.3 is 0 Å². The third kappa shape index (κ3) is 1.94. The van der Waals surface area contributed by atoms with Gasteiger partial charge in [0.25, 0.3) is 0 Å². The second kappa shape index (κ2) is 4.15. The van der Waals surface area contributed by atoms with Crippen LogP contribution >= 0.6 is 0 Å². The Morgan fingerprint density at radius 1 is 1.17 bits per heavy atom. The fourth-order valence-corrected chi connectivity index (χ4v) is 1.46. The van der Waals surface area contributed by atoms with Crippen molar-refractivity contribution in [2.45, 2.75) is 30.7 Å². The molecule has 5 nitrogen and oxygen atoms in total. The molecule has 72 valence electrons. The normalized spacial score (nSPS) is 43.0. The van der Waals surface area contributed by atoms with E-state index in [1.165, 1.54) is 0 Å². The molecule has 1 aliphatic heterocycles. The smallest absolute Gasteiger partial charge is 0.0974 e. The van der Waals surface area contributed by atoms with Crippen LogP contribution in [-0.4, -0.2) is 57.9 Å². The molecule has 0 saturated carbocycles. The fourth-order valence-electron chi connectivity index (χ4n) is 1.46. The van der Waals surface area contributed by atoms with Crippen molar-refractivity contribution in [3.63, 3.8) is 0 Å². The van der Waals surface area contributed by atoms with Gasteiger partial charge in [0, 0.05) is 6.04 Å². The Hall–Kier alpha value is -0.200. The maximum Gasteiger partial charge on any atom is 0.0974 e. The van der Waals surface area contributed by atoms with Crippen LogP contribution in [0.1, 0.15) is 6.42 Å². The Morgan fingerprint density at radius 3 is 2.33 bits per heavy atom. The van der Waals surface area contributed by atoms with Gasteiger partial charge < -0.3 is 25.7 Å². The average Bonchev–Trinajstić information content (AvgIpc) is 2.09. The van der Waals surface area contributed by atoms with Crippen LogP contribution in [0.2, 0.25) is 0 Å². The van der Waals surface area contributed by atoms with E-state index in [-0.39, 0.29) is 19.3 Å².